The molecule has 7 heteroatoms. The molecule has 0 aromatic carbocycles. The van der Waals surface area contributed by atoms with Crippen LogP contribution in [0.15, 0.2) is 0 Å². The topological polar surface area (TPSA) is 109 Å². The third-order valence-corrected chi connectivity index (χ3v) is 13.6. The highest BCUT2D eigenvalue weighted by Gasteiger charge is 2.55. The molecule has 0 aliphatic heterocycles. The molecule has 0 unspecified atom stereocenters. The quantitative estimate of drug-likeness (QED) is 0.0729. The van der Waals surface area contributed by atoms with Gasteiger partial charge in [-0.05, 0) is 137 Å². The molecule has 51 heavy (non-hydrogen) atoms. The lowest BCUT2D eigenvalue weighted by Gasteiger charge is -2.50. The first kappa shape index (κ1) is 46.4. The van der Waals surface area contributed by atoms with Crippen LogP contribution >= 0.6 is 0 Å². The summed E-state index contributed by atoms with van der Waals surface area (Å²) >= 11 is 0. The molecular weight excluding hydrogens is 635 g/mol. The summed E-state index contributed by atoms with van der Waals surface area (Å²) in [5, 5.41) is 3.24. The molecule has 0 spiro atoms. The van der Waals surface area contributed by atoms with Gasteiger partial charge < -0.3 is 31.0 Å². The summed E-state index contributed by atoms with van der Waals surface area (Å²) < 4.78 is 20.1. The summed E-state index contributed by atoms with van der Waals surface area (Å²) in [6.45, 7) is 21.3. The Labute approximate surface area is 316 Å². The molecule has 0 saturated heterocycles. The van der Waals surface area contributed by atoms with Gasteiger partial charge in [0.2, 0.25) is 5.91 Å². The van der Waals surface area contributed by atoms with Crippen LogP contribution in [0.4, 0.5) is 0 Å². The second kappa shape index (κ2) is 26.1. The van der Waals surface area contributed by atoms with Crippen molar-refractivity contribution in [2.75, 3.05) is 39.5 Å². The van der Waals surface area contributed by atoms with E-state index < -0.39 is 0 Å². The highest BCUT2D eigenvalue weighted by atomic mass is 16.5. The van der Waals surface area contributed by atoms with Crippen LogP contribution in [0.3, 0.4) is 0 Å². The van der Waals surface area contributed by atoms with Crippen LogP contribution in [0, 0.1) is 34.5 Å². The normalized spacial score (nSPS) is 29.8. The summed E-state index contributed by atoms with van der Waals surface area (Å²) in [6.07, 6.45) is 24.1. The molecule has 7 nitrogen and oxygen atoms in total. The lowest BCUT2D eigenvalue weighted by atomic mass is 9.59. The smallest absolute Gasteiger partial charge is 0.220 e. The van der Waals surface area contributed by atoms with Crippen molar-refractivity contribution in [2.45, 2.75) is 202 Å². The van der Waals surface area contributed by atoms with Gasteiger partial charge in [0.15, 0.2) is 0 Å². The number of nitrogens with two attached hydrogens (primary N) is 2. The van der Waals surface area contributed by atoms with Gasteiger partial charge in [-0.3, -0.25) is 4.79 Å². The first-order chi connectivity index (χ1) is 24.6. The van der Waals surface area contributed by atoms with E-state index in [9.17, 15) is 4.79 Å². The van der Waals surface area contributed by atoms with Crippen LogP contribution in [-0.4, -0.2) is 63.7 Å². The minimum atomic E-state index is 0.0269. The zero-order valence-electron chi connectivity index (χ0n) is 34.9. The molecule has 2 fully saturated rings. The van der Waals surface area contributed by atoms with Crippen molar-refractivity contribution >= 4 is 5.91 Å². The average Bonchev–Trinajstić information content (AvgIpc) is 3.45. The molecule has 0 radical (unpaired) electrons. The van der Waals surface area contributed by atoms with Crippen molar-refractivity contribution in [3.8, 4) is 0 Å². The van der Waals surface area contributed by atoms with Crippen LogP contribution in [0.2, 0.25) is 0 Å². The Bertz CT molecular complexity index is 890. The second-order valence-electron chi connectivity index (χ2n) is 17.4. The Kier molecular flexibility index (Phi) is 23.8. The molecule has 0 bridgehead atoms. The predicted molar refractivity (Wildman–Crippen MR) is 216 cm³/mol. The maximum Gasteiger partial charge on any atom is 0.220 e. The summed E-state index contributed by atoms with van der Waals surface area (Å²) in [5.74, 6) is 2.26. The van der Waals surface area contributed by atoms with Gasteiger partial charge in [-0.2, -0.15) is 0 Å². The third kappa shape index (κ3) is 15.9. The van der Waals surface area contributed by atoms with E-state index in [2.05, 4.69) is 53.8 Å². The van der Waals surface area contributed by atoms with Gasteiger partial charge in [0.05, 0.1) is 18.3 Å². The van der Waals surface area contributed by atoms with Crippen molar-refractivity contribution in [2.24, 2.45) is 46.0 Å². The standard InChI is InChI=1S/C44H87N3O4/c1-8-11-13-14-15-16-29-47-42(48)22-19-35(4)40-21-20-37-34-39(50-30-12-9-2)24-26-43(6,25-23-38(10-3)49-31-17-27-45)36(5)33-41(44(37,40)7)51-32-18-28-46/h35-41H,8-34,45-46H2,1-7H3,(H,47,48)/t35-,36-,37+,38+,39-,40-,41+,43+,44+/m1/s1. The van der Waals surface area contributed by atoms with Crippen molar-refractivity contribution in [3.63, 3.8) is 0 Å². The highest BCUT2D eigenvalue weighted by Crippen LogP contribution is 2.59. The van der Waals surface area contributed by atoms with E-state index in [-0.39, 0.29) is 35.0 Å². The predicted octanol–water partition coefficient (Wildman–Crippen LogP) is 9.97. The van der Waals surface area contributed by atoms with Crippen LogP contribution < -0.4 is 16.8 Å². The Morgan fingerprint density at radius 1 is 0.824 bits per heavy atom. The SMILES string of the molecule is CCCCCCCCNC(=O)CC[C@@H](C)[C@H]1CC[C@H]2C[C@H](OCCCC)CC[C@](C)(CC[C@H](CC)OCCCN)[C@H](C)C[C@H](OCCCN)[C@@]21C. The first-order valence-corrected chi connectivity index (χ1v) is 22.1. The number of rotatable bonds is 27. The lowest BCUT2D eigenvalue weighted by Crippen LogP contribution is -2.48. The van der Waals surface area contributed by atoms with Crippen LogP contribution in [0.5, 0.6) is 0 Å². The number of nitrogens with one attached hydrogen (secondary N) is 1. The van der Waals surface area contributed by atoms with Crippen LogP contribution in [0.25, 0.3) is 0 Å². The minimum Gasteiger partial charge on any atom is -0.378 e. The number of hydrogen-bond donors (Lipinski definition) is 3. The van der Waals surface area contributed by atoms with E-state index in [0.717, 1.165) is 103 Å². The van der Waals surface area contributed by atoms with E-state index in [0.29, 0.717) is 43.2 Å². The average molecular weight is 722 g/mol. The van der Waals surface area contributed by atoms with Crippen molar-refractivity contribution in [1.82, 2.24) is 5.32 Å². The molecule has 2 saturated carbocycles. The van der Waals surface area contributed by atoms with Crippen molar-refractivity contribution < 1.29 is 19.0 Å². The fourth-order valence-electron chi connectivity index (χ4n) is 9.59. The molecule has 0 heterocycles. The molecule has 2 aliphatic carbocycles. The molecule has 1 amide bonds. The van der Waals surface area contributed by atoms with Crippen molar-refractivity contribution in [1.29, 1.82) is 0 Å². The van der Waals surface area contributed by atoms with Gasteiger partial charge in [-0.15, -0.1) is 0 Å². The van der Waals surface area contributed by atoms with Crippen LogP contribution in [-0.2, 0) is 19.0 Å². The summed E-state index contributed by atoms with van der Waals surface area (Å²) in [7, 11) is 0. The highest BCUT2D eigenvalue weighted by molar-refractivity contribution is 5.75. The number of unbranched alkanes of at least 4 members (excludes halogenated alkanes) is 6. The maximum atomic E-state index is 13.0. The van der Waals surface area contributed by atoms with E-state index in [1.807, 2.05) is 0 Å². The Balaban J connectivity index is 2.28. The summed E-state index contributed by atoms with van der Waals surface area (Å²) in [5.41, 5.74) is 12.0. The van der Waals surface area contributed by atoms with Gasteiger partial charge in [-0.25, -0.2) is 0 Å². The van der Waals surface area contributed by atoms with Gasteiger partial charge in [0.25, 0.3) is 0 Å². The molecule has 2 aliphatic rings. The number of amides is 1. The fraction of sp³-hybridized carbons (Fsp3) is 0.977. The monoisotopic (exact) mass is 722 g/mol. The second-order valence-corrected chi connectivity index (χ2v) is 17.4. The van der Waals surface area contributed by atoms with Gasteiger partial charge in [0.1, 0.15) is 0 Å². The maximum absolute atomic E-state index is 13.0. The minimum absolute atomic E-state index is 0.0269. The third-order valence-electron chi connectivity index (χ3n) is 13.6. The molecule has 0 aromatic heterocycles. The molecule has 302 valence electrons. The van der Waals surface area contributed by atoms with Crippen LogP contribution in [0.1, 0.15) is 183 Å². The molecule has 9 atom stereocenters. The molecule has 0 aromatic rings. The Morgan fingerprint density at radius 2 is 1.51 bits per heavy atom. The van der Waals surface area contributed by atoms with E-state index in [1.54, 1.807) is 0 Å². The van der Waals surface area contributed by atoms with E-state index in [4.69, 9.17) is 25.7 Å². The Morgan fingerprint density at radius 3 is 2.22 bits per heavy atom. The molecule has 5 N–H and O–H groups in total. The number of ether oxygens (including phenoxy) is 3. The first-order valence-electron chi connectivity index (χ1n) is 22.1. The van der Waals surface area contributed by atoms with E-state index >= 15 is 0 Å². The largest absolute Gasteiger partial charge is 0.378 e. The zero-order chi connectivity index (χ0) is 37.5. The number of fused-ring (bicyclic) bond motifs is 1. The summed E-state index contributed by atoms with van der Waals surface area (Å²) in [4.78, 5) is 13.0. The number of carbonyl (C=O) groups excluding carboxylic acids is 1. The van der Waals surface area contributed by atoms with Gasteiger partial charge in [0, 0.05) is 32.8 Å². The summed E-state index contributed by atoms with van der Waals surface area (Å²) in [6, 6.07) is 0. The van der Waals surface area contributed by atoms with E-state index in [1.165, 1.54) is 51.4 Å². The number of carbonyl (C=O) groups is 1. The number of hydrogen-bond acceptors (Lipinski definition) is 6. The van der Waals surface area contributed by atoms with Gasteiger partial charge in [-0.1, -0.05) is 87.0 Å². The van der Waals surface area contributed by atoms with Gasteiger partial charge >= 0.3 is 0 Å². The molecular formula is C44H87N3O4. The molecule has 2 rings (SSSR count). The van der Waals surface area contributed by atoms with Crippen molar-refractivity contribution in [3.05, 3.63) is 0 Å². The Hall–Kier alpha value is -0.730. The fourth-order valence-corrected chi connectivity index (χ4v) is 9.59. The lowest BCUT2D eigenvalue weighted by molar-refractivity contribution is -0.123. The zero-order valence-corrected chi connectivity index (χ0v) is 34.9.